The van der Waals surface area contributed by atoms with Gasteiger partial charge in [0.15, 0.2) is 5.13 Å². The first-order valence-corrected chi connectivity index (χ1v) is 11.6. The molecule has 0 unspecified atom stereocenters. The Labute approximate surface area is 200 Å². The molecule has 0 atom stereocenters. The molecule has 32 heavy (non-hydrogen) atoms. The van der Waals surface area contributed by atoms with Gasteiger partial charge in [0.25, 0.3) is 5.91 Å². The van der Waals surface area contributed by atoms with Crippen LogP contribution in [0.2, 0.25) is 10.0 Å². The number of halogens is 2. The van der Waals surface area contributed by atoms with E-state index in [9.17, 15) is 9.59 Å². The summed E-state index contributed by atoms with van der Waals surface area (Å²) in [6.45, 7) is 4.47. The number of thiazole rings is 1. The standard InChI is InChI=1S/C22H21Cl2N5O2S/c1-14-19(32-22(25-14)27-21(31)26-17-6-2-15(23)3-7-17)20(30)29-12-10-28(11-13-29)18-8-4-16(24)5-9-18/h2-9H,10-13H2,1H3,(H2,25,26,27,31). The number of hydrogen-bond acceptors (Lipinski definition) is 5. The molecule has 7 nitrogen and oxygen atoms in total. The van der Waals surface area contributed by atoms with E-state index in [2.05, 4.69) is 20.5 Å². The van der Waals surface area contributed by atoms with Crippen molar-refractivity contribution >= 4 is 63.0 Å². The third-order valence-electron chi connectivity index (χ3n) is 5.07. The highest BCUT2D eigenvalue weighted by Gasteiger charge is 2.26. The first-order chi connectivity index (χ1) is 15.4. The van der Waals surface area contributed by atoms with Crippen molar-refractivity contribution in [1.82, 2.24) is 9.88 Å². The van der Waals surface area contributed by atoms with Gasteiger partial charge in [-0.05, 0) is 55.5 Å². The maximum absolute atomic E-state index is 13.0. The fourth-order valence-corrected chi connectivity index (χ4v) is 4.59. The second-order valence-corrected chi connectivity index (χ2v) is 9.15. The zero-order valence-corrected chi connectivity index (χ0v) is 19.6. The minimum Gasteiger partial charge on any atom is -0.368 e. The number of rotatable bonds is 4. The Morgan fingerprint density at radius 1 is 0.906 bits per heavy atom. The number of aryl methyl sites for hydroxylation is 1. The molecule has 1 aromatic heterocycles. The van der Waals surface area contributed by atoms with Crippen molar-refractivity contribution in [2.75, 3.05) is 41.7 Å². The second-order valence-electron chi connectivity index (χ2n) is 7.28. The third-order valence-corrected chi connectivity index (χ3v) is 6.64. The molecule has 0 aliphatic carbocycles. The Hall–Kier alpha value is -2.81. The number of urea groups is 1. The SMILES string of the molecule is Cc1nc(NC(=O)Nc2ccc(Cl)cc2)sc1C(=O)N1CCN(c2ccc(Cl)cc2)CC1. The molecule has 0 radical (unpaired) electrons. The number of anilines is 3. The zero-order valence-electron chi connectivity index (χ0n) is 17.3. The van der Waals surface area contributed by atoms with Crippen LogP contribution in [-0.2, 0) is 0 Å². The highest BCUT2D eigenvalue weighted by Crippen LogP contribution is 2.26. The molecule has 0 spiro atoms. The van der Waals surface area contributed by atoms with E-state index in [1.165, 1.54) is 11.3 Å². The van der Waals surface area contributed by atoms with Gasteiger partial charge < -0.3 is 15.1 Å². The molecule has 0 bridgehead atoms. The van der Waals surface area contributed by atoms with Gasteiger partial charge in [0.1, 0.15) is 4.88 Å². The number of benzene rings is 2. The van der Waals surface area contributed by atoms with Crippen LogP contribution in [0.1, 0.15) is 15.4 Å². The molecule has 10 heteroatoms. The van der Waals surface area contributed by atoms with Gasteiger partial charge in [-0.25, -0.2) is 9.78 Å². The van der Waals surface area contributed by atoms with Crippen molar-refractivity contribution in [3.05, 3.63) is 69.1 Å². The number of nitrogens with zero attached hydrogens (tertiary/aromatic N) is 3. The Balaban J connectivity index is 1.35. The van der Waals surface area contributed by atoms with E-state index in [0.717, 1.165) is 18.8 Å². The van der Waals surface area contributed by atoms with Crippen LogP contribution in [0.15, 0.2) is 48.5 Å². The summed E-state index contributed by atoms with van der Waals surface area (Å²) >= 11 is 13.0. The van der Waals surface area contributed by atoms with Crippen molar-refractivity contribution < 1.29 is 9.59 Å². The molecular weight excluding hydrogens is 469 g/mol. The molecule has 1 fully saturated rings. The normalized spacial score (nSPS) is 13.7. The summed E-state index contributed by atoms with van der Waals surface area (Å²) in [5.74, 6) is -0.0677. The summed E-state index contributed by atoms with van der Waals surface area (Å²) in [6, 6.07) is 14.1. The van der Waals surface area contributed by atoms with Gasteiger partial charge in [0.05, 0.1) is 5.69 Å². The smallest absolute Gasteiger partial charge is 0.325 e. The van der Waals surface area contributed by atoms with Gasteiger partial charge in [0, 0.05) is 47.6 Å². The summed E-state index contributed by atoms with van der Waals surface area (Å²) < 4.78 is 0. The summed E-state index contributed by atoms with van der Waals surface area (Å²) in [7, 11) is 0. The van der Waals surface area contributed by atoms with Crippen LogP contribution in [0.5, 0.6) is 0 Å². The van der Waals surface area contributed by atoms with Crippen LogP contribution >= 0.6 is 34.5 Å². The van der Waals surface area contributed by atoms with Crippen molar-refractivity contribution in [1.29, 1.82) is 0 Å². The van der Waals surface area contributed by atoms with Gasteiger partial charge in [-0.3, -0.25) is 10.1 Å². The van der Waals surface area contributed by atoms with Crippen LogP contribution < -0.4 is 15.5 Å². The molecular formula is C22H21Cl2N5O2S. The van der Waals surface area contributed by atoms with Crippen LogP contribution in [-0.4, -0.2) is 48.0 Å². The Morgan fingerprint density at radius 2 is 1.50 bits per heavy atom. The molecule has 166 valence electrons. The van der Waals surface area contributed by atoms with Crippen LogP contribution in [0.4, 0.5) is 21.3 Å². The van der Waals surface area contributed by atoms with Crippen molar-refractivity contribution in [2.24, 2.45) is 0 Å². The van der Waals surface area contributed by atoms with Gasteiger partial charge in [-0.2, -0.15) is 0 Å². The van der Waals surface area contributed by atoms with E-state index < -0.39 is 6.03 Å². The highest BCUT2D eigenvalue weighted by molar-refractivity contribution is 7.17. The first kappa shape index (κ1) is 22.4. The van der Waals surface area contributed by atoms with E-state index in [-0.39, 0.29) is 5.91 Å². The largest absolute Gasteiger partial charge is 0.368 e. The molecule has 2 heterocycles. The first-order valence-electron chi connectivity index (χ1n) is 10.00. The maximum atomic E-state index is 13.0. The van der Waals surface area contributed by atoms with Crippen LogP contribution in [0.3, 0.4) is 0 Å². The monoisotopic (exact) mass is 489 g/mol. The van der Waals surface area contributed by atoms with Crippen molar-refractivity contribution in [2.45, 2.75) is 6.92 Å². The maximum Gasteiger partial charge on any atom is 0.325 e. The van der Waals surface area contributed by atoms with E-state index >= 15 is 0 Å². The van der Waals surface area contributed by atoms with E-state index in [4.69, 9.17) is 23.2 Å². The fraction of sp³-hybridized carbons (Fsp3) is 0.227. The molecule has 2 aromatic carbocycles. The lowest BCUT2D eigenvalue weighted by Crippen LogP contribution is -2.48. The molecule has 1 aliphatic heterocycles. The Kier molecular flexibility index (Phi) is 6.83. The number of piperazine rings is 1. The van der Waals surface area contributed by atoms with Crippen molar-refractivity contribution in [3.8, 4) is 0 Å². The average molecular weight is 490 g/mol. The minimum absolute atomic E-state index is 0.0677. The second kappa shape index (κ2) is 9.77. The lowest BCUT2D eigenvalue weighted by Gasteiger charge is -2.36. The topological polar surface area (TPSA) is 77.6 Å². The predicted molar refractivity (Wildman–Crippen MR) is 131 cm³/mol. The fourth-order valence-electron chi connectivity index (χ4n) is 3.40. The quantitative estimate of drug-likeness (QED) is 0.516. The zero-order chi connectivity index (χ0) is 22.7. The highest BCUT2D eigenvalue weighted by atomic mass is 35.5. The van der Waals surface area contributed by atoms with Gasteiger partial charge in [-0.1, -0.05) is 34.5 Å². The Morgan fingerprint density at radius 3 is 2.12 bits per heavy atom. The number of carbonyl (C=O) groups excluding carboxylic acids is 2. The lowest BCUT2D eigenvalue weighted by atomic mass is 10.2. The van der Waals surface area contributed by atoms with Gasteiger partial charge in [0.2, 0.25) is 0 Å². The van der Waals surface area contributed by atoms with E-state index in [0.29, 0.717) is 44.5 Å². The number of hydrogen-bond donors (Lipinski definition) is 2. The van der Waals surface area contributed by atoms with Crippen molar-refractivity contribution in [3.63, 3.8) is 0 Å². The third kappa shape index (κ3) is 5.32. The number of nitrogens with one attached hydrogen (secondary N) is 2. The van der Waals surface area contributed by atoms with Gasteiger partial charge >= 0.3 is 6.03 Å². The number of carbonyl (C=O) groups is 2. The van der Waals surface area contributed by atoms with Crippen LogP contribution in [0, 0.1) is 6.92 Å². The van der Waals surface area contributed by atoms with Gasteiger partial charge in [-0.15, -0.1) is 0 Å². The molecule has 0 saturated carbocycles. The summed E-state index contributed by atoms with van der Waals surface area (Å²) in [4.78, 5) is 34.2. The Bertz CT molecular complexity index is 1110. The molecule has 1 saturated heterocycles. The average Bonchev–Trinajstić information content (AvgIpc) is 3.15. The molecule has 4 rings (SSSR count). The minimum atomic E-state index is -0.434. The molecule has 2 N–H and O–H groups in total. The van der Waals surface area contributed by atoms with Crippen LogP contribution in [0.25, 0.3) is 0 Å². The predicted octanol–water partition coefficient (Wildman–Crippen LogP) is 5.36. The van der Waals surface area contributed by atoms with E-state index in [1.807, 2.05) is 29.2 Å². The molecule has 3 aromatic rings. The summed E-state index contributed by atoms with van der Waals surface area (Å²) in [6.07, 6.45) is 0. The summed E-state index contributed by atoms with van der Waals surface area (Å²) in [5.41, 5.74) is 2.30. The van der Waals surface area contributed by atoms with E-state index in [1.54, 1.807) is 31.2 Å². The number of aromatic nitrogens is 1. The lowest BCUT2D eigenvalue weighted by molar-refractivity contribution is 0.0750. The molecule has 3 amide bonds. The summed E-state index contributed by atoms with van der Waals surface area (Å²) in [5, 5.41) is 7.07. The number of amides is 3. The molecule has 1 aliphatic rings.